The van der Waals surface area contributed by atoms with Crippen molar-refractivity contribution < 1.29 is 18.7 Å². The molecule has 1 aliphatic heterocycles. The number of carbonyl (C=O) groups excluding carboxylic acids is 2. The van der Waals surface area contributed by atoms with E-state index in [9.17, 15) is 14.0 Å². The van der Waals surface area contributed by atoms with Gasteiger partial charge >= 0.3 is 6.09 Å². The van der Waals surface area contributed by atoms with Gasteiger partial charge in [-0.15, -0.1) is 0 Å². The molecule has 3 aromatic rings. The lowest BCUT2D eigenvalue weighted by Crippen LogP contribution is -2.46. The number of halogens is 1. The van der Waals surface area contributed by atoms with E-state index in [4.69, 9.17) is 4.74 Å². The lowest BCUT2D eigenvalue weighted by molar-refractivity contribution is -0.108. The fourth-order valence-corrected chi connectivity index (χ4v) is 3.32. The lowest BCUT2D eigenvalue weighted by atomic mass is 10.0. The molecule has 0 spiro atoms. The summed E-state index contributed by atoms with van der Waals surface area (Å²) in [4.78, 5) is 28.9. The fourth-order valence-electron chi connectivity index (χ4n) is 3.32. The van der Waals surface area contributed by atoms with E-state index < -0.39 is 18.3 Å². The first-order valence-corrected chi connectivity index (χ1v) is 9.76. The predicted molar refractivity (Wildman–Crippen MR) is 116 cm³/mol. The van der Waals surface area contributed by atoms with Crippen molar-refractivity contribution in [1.82, 2.24) is 5.32 Å². The highest BCUT2D eigenvalue weighted by molar-refractivity contribution is 6.16. The van der Waals surface area contributed by atoms with E-state index in [1.165, 1.54) is 12.1 Å². The second kappa shape index (κ2) is 9.21. The van der Waals surface area contributed by atoms with Crippen LogP contribution in [-0.2, 0) is 16.1 Å². The summed E-state index contributed by atoms with van der Waals surface area (Å²) in [5, 5.41) is 5.78. The smallest absolute Gasteiger partial charge is 0.409 e. The van der Waals surface area contributed by atoms with E-state index in [0.717, 1.165) is 11.1 Å². The van der Waals surface area contributed by atoms with Gasteiger partial charge in [-0.1, -0.05) is 48.5 Å². The van der Waals surface area contributed by atoms with E-state index in [1.807, 2.05) is 54.6 Å². The predicted octanol–water partition coefficient (Wildman–Crippen LogP) is 3.91. The summed E-state index contributed by atoms with van der Waals surface area (Å²) in [5.74, 6) is -0.366. The molecule has 7 heteroatoms. The Bertz CT molecular complexity index is 1100. The third kappa shape index (κ3) is 4.78. The van der Waals surface area contributed by atoms with Crippen LogP contribution in [0, 0.1) is 5.82 Å². The van der Waals surface area contributed by atoms with Gasteiger partial charge in [0.1, 0.15) is 24.8 Å². The second-order valence-corrected chi connectivity index (χ2v) is 6.99. The molecule has 0 fully saturated rings. The van der Waals surface area contributed by atoms with Gasteiger partial charge in [-0.25, -0.2) is 9.18 Å². The highest BCUT2D eigenvalue weighted by atomic mass is 19.1. The van der Waals surface area contributed by atoms with Crippen molar-refractivity contribution in [1.29, 1.82) is 0 Å². The fraction of sp³-hybridized carbons (Fsp3) is 0.125. The van der Waals surface area contributed by atoms with Gasteiger partial charge < -0.3 is 14.8 Å². The van der Waals surface area contributed by atoms with Crippen LogP contribution in [0.1, 0.15) is 16.7 Å². The van der Waals surface area contributed by atoms with E-state index in [0.29, 0.717) is 23.2 Å². The van der Waals surface area contributed by atoms with Crippen LogP contribution in [0.25, 0.3) is 0 Å². The van der Waals surface area contributed by atoms with Crippen LogP contribution < -0.4 is 10.6 Å². The molecular weight excluding hydrogens is 397 g/mol. The zero-order valence-corrected chi connectivity index (χ0v) is 16.5. The van der Waals surface area contributed by atoms with Crippen LogP contribution >= 0.6 is 0 Å². The van der Waals surface area contributed by atoms with Crippen molar-refractivity contribution >= 4 is 23.8 Å². The molecule has 0 saturated carbocycles. The molecule has 2 unspecified atom stereocenters. The molecule has 4 rings (SSSR count). The number of ether oxygens (including phenoxy) is 1. The number of hydrogen-bond donors (Lipinski definition) is 2. The van der Waals surface area contributed by atoms with Crippen LogP contribution in [0.2, 0.25) is 0 Å². The number of aliphatic imine (C=N–C) groups is 1. The molecule has 3 aromatic carbocycles. The maximum Gasteiger partial charge on any atom is 0.409 e. The average Bonchev–Trinajstić information content (AvgIpc) is 2.96. The van der Waals surface area contributed by atoms with Crippen molar-refractivity contribution in [2.24, 2.45) is 4.99 Å². The van der Waals surface area contributed by atoms with Crippen molar-refractivity contribution in [2.75, 3.05) is 5.32 Å². The number of rotatable bonds is 5. The standard InChI is InChI=1S/C24H20FN3O3/c25-18-12-10-17(11-13-18)22-19-8-4-5-9-20(19)26-21(14-29)23(27-22)28-24(30)31-15-16-6-2-1-3-7-16/h1-14,21,23,26H,15H2,(H,28,30). The van der Waals surface area contributed by atoms with Crippen LogP contribution in [-0.4, -0.2) is 30.3 Å². The highest BCUT2D eigenvalue weighted by Gasteiger charge is 2.29. The molecule has 1 aliphatic rings. The maximum atomic E-state index is 13.4. The Hall–Kier alpha value is -4.00. The Labute approximate surface area is 178 Å². The molecule has 2 N–H and O–H groups in total. The molecular formula is C24H20FN3O3. The zero-order valence-electron chi connectivity index (χ0n) is 16.5. The third-order valence-corrected chi connectivity index (χ3v) is 4.86. The Morgan fingerprint density at radius 2 is 1.74 bits per heavy atom. The second-order valence-electron chi connectivity index (χ2n) is 6.99. The van der Waals surface area contributed by atoms with E-state index >= 15 is 0 Å². The number of fused-ring (bicyclic) bond motifs is 1. The number of carbonyl (C=O) groups is 2. The first-order chi connectivity index (χ1) is 15.1. The first kappa shape index (κ1) is 20.3. The van der Waals surface area contributed by atoms with Gasteiger partial charge in [0.05, 0.1) is 5.71 Å². The number of benzodiazepines with no additional fused rings is 1. The molecule has 0 aromatic heterocycles. The van der Waals surface area contributed by atoms with Gasteiger partial charge in [0.25, 0.3) is 0 Å². The number of amides is 1. The molecule has 6 nitrogen and oxygen atoms in total. The molecule has 0 radical (unpaired) electrons. The van der Waals surface area contributed by atoms with Crippen LogP contribution in [0.5, 0.6) is 0 Å². The summed E-state index contributed by atoms with van der Waals surface area (Å²) in [6.07, 6.45) is -0.931. The maximum absolute atomic E-state index is 13.4. The van der Waals surface area contributed by atoms with Crippen LogP contribution in [0.4, 0.5) is 14.9 Å². The van der Waals surface area contributed by atoms with E-state index in [2.05, 4.69) is 15.6 Å². The Morgan fingerprint density at radius 3 is 2.48 bits per heavy atom. The third-order valence-electron chi connectivity index (χ3n) is 4.86. The van der Waals surface area contributed by atoms with Crippen molar-refractivity contribution in [3.63, 3.8) is 0 Å². The topological polar surface area (TPSA) is 79.8 Å². The number of nitrogens with zero attached hydrogens (tertiary/aromatic N) is 1. The summed E-state index contributed by atoms with van der Waals surface area (Å²) in [5.41, 5.74) is 3.45. The average molecular weight is 417 g/mol. The summed E-state index contributed by atoms with van der Waals surface area (Å²) < 4.78 is 18.7. The number of anilines is 1. The number of nitrogens with one attached hydrogen (secondary N) is 2. The lowest BCUT2D eigenvalue weighted by Gasteiger charge is -2.20. The number of benzene rings is 3. The molecule has 0 saturated heterocycles. The monoisotopic (exact) mass is 417 g/mol. The molecule has 31 heavy (non-hydrogen) atoms. The van der Waals surface area contributed by atoms with Gasteiger partial charge in [0.15, 0.2) is 6.17 Å². The van der Waals surface area contributed by atoms with Gasteiger partial charge in [-0.3, -0.25) is 10.3 Å². The number of hydrogen-bond acceptors (Lipinski definition) is 5. The number of alkyl carbamates (subject to hydrolysis) is 1. The highest BCUT2D eigenvalue weighted by Crippen LogP contribution is 2.25. The SMILES string of the molecule is O=CC1Nc2ccccc2C(c2ccc(F)cc2)=NC1NC(=O)OCc1ccccc1. The minimum Gasteiger partial charge on any atom is -0.445 e. The Morgan fingerprint density at radius 1 is 1.03 bits per heavy atom. The van der Waals surface area contributed by atoms with Gasteiger partial charge in [0, 0.05) is 16.8 Å². The van der Waals surface area contributed by atoms with Gasteiger partial charge in [-0.05, 0) is 35.9 Å². The van der Waals surface area contributed by atoms with Crippen LogP contribution in [0.3, 0.4) is 0 Å². The molecule has 0 aliphatic carbocycles. The summed E-state index contributed by atoms with van der Waals surface area (Å²) in [6.45, 7) is 0.0906. The molecule has 2 atom stereocenters. The quantitative estimate of drug-likeness (QED) is 0.617. The zero-order chi connectivity index (χ0) is 21.6. The molecule has 156 valence electrons. The normalized spacial score (nSPS) is 17.4. The molecule has 1 amide bonds. The minimum atomic E-state index is -0.923. The van der Waals surface area contributed by atoms with Crippen molar-refractivity contribution in [3.8, 4) is 0 Å². The Balaban J connectivity index is 1.62. The number of para-hydroxylation sites is 1. The van der Waals surface area contributed by atoms with Crippen LogP contribution in [0.15, 0.2) is 83.9 Å². The van der Waals surface area contributed by atoms with E-state index in [1.54, 1.807) is 12.1 Å². The van der Waals surface area contributed by atoms with Crippen molar-refractivity contribution in [3.05, 3.63) is 101 Å². The Kier molecular flexibility index (Phi) is 6.03. The molecule has 1 heterocycles. The molecule has 0 bridgehead atoms. The van der Waals surface area contributed by atoms with Crippen molar-refractivity contribution in [2.45, 2.75) is 18.8 Å². The van der Waals surface area contributed by atoms with E-state index in [-0.39, 0.29) is 12.4 Å². The number of aldehydes is 1. The summed E-state index contributed by atoms with van der Waals surface area (Å²) >= 11 is 0. The summed E-state index contributed by atoms with van der Waals surface area (Å²) in [7, 11) is 0. The summed E-state index contributed by atoms with van der Waals surface area (Å²) in [6, 6.07) is 21.7. The van der Waals surface area contributed by atoms with Gasteiger partial charge in [-0.2, -0.15) is 0 Å². The minimum absolute atomic E-state index is 0.0906. The van der Waals surface area contributed by atoms with Gasteiger partial charge in [0.2, 0.25) is 0 Å². The largest absolute Gasteiger partial charge is 0.445 e. The first-order valence-electron chi connectivity index (χ1n) is 9.76.